The highest BCUT2D eigenvalue weighted by Crippen LogP contribution is 2.20. The molecule has 0 saturated heterocycles. The molecule has 0 aliphatic heterocycles. The number of unbranched alkanes of at least 4 members (excludes halogenated alkanes) is 16. The lowest BCUT2D eigenvalue weighted by Crippen LogP contribution is -2.29. The van der Waals surface area contributed by atoms with Gasteiger partial charge >= 0.3 is 6.09 Å². The summed E-state index contributed by atoms with van der Waals surface area (Å²) >= 11 is 0. The molecule has 0 aromatic rings. The first-order valence-corrected chi connectivity index (χ1v) is 14.5. The van der Waals surface area contributed by atoms with Gasteiger partial charge in [0.2, 0.25) is 0 Å². The van der Waals surface area contributed by atoms with Crippen LogP contribution in [0.1, 0.15) is 156 Å². The van der Waals surface area contributed by atoms with E-state index in [2.05, 4.69) is 33.0 Å². The fourth-order valence-corrected chi connectivity index (χ4v) is 4.33. The molecule has 0 aromatic carbocycles. The van der Waals surface area contributed by atoms with Gasteiger partial charge in [0.1, 0.15) is 0 Å². The second-order valence-electron chi connectivity index (χ2n) is 10.5. The predicted octanol–water partition coefficient (Wildman–Crippen LogP) is 9.83. The van der Waals surface area contributed by atoms with Crippen molar-refractivity contribution in [2.24, 2.45) is 11.8 Å². The van der Waals surface area contributed by atoms with E-state index >= 15 is 0 Å². The first-order chi connectivity index (χ1) is 15.6. The molecule has 0 radical (unpaired) electrons. The number of rotatable bonds is 24. The summed E-state index contributed by atoms with van der Waals surface area (Å²) < 4.78 is 5.57. The molecule has 0 heterocycles. The van der Waals surface area contributed by atoms with Crippen LogP contribution >= 0.6 is 0 Å². The van der Waals surface area contributed by atoms with E-state index in [-0.39, 0.29) is 6.09 Å². The number of carbonyl (C=O) groups excluding carboxylic acids is 1. The summed E-state index contributed by atoms with van der Waals surface area (Å²) in [7, 11) is 0. The van der Waals surface area contributed by atoms with Crippen molar-refractivity contribution in [1.29, 1.82) is 0 Å². The van der Waals surface area contributed by atoms with Crippen molar-refractivity contribution in [3.05, 3.63) is 0 Å². The smallest absolute Gasteiger partial charge is 0.407 e. The zero-order chi connectivity index (χ0) is 23.7. The summed E-state index contributed by atoms with van der Waals surface area (Å²) in [5.41, 5.74) is 0. The lowest BCUT2D eigenvalue weighted by Gasteiger charge is -2.18. The zero-order valence-electron chi connectivity index (χ0n) is 22.5. The summed E-state index contributed by atoms with van der Waals surface area (Å²) in [6, 6.07) is 0. The average Bonchev–Trinajstić information content (AvgIpc) is 2.78. The molecular formula is C29H59NO2. The van der Waals surface area contributed by atoms with Crippen LogP contribution in [0.3, 0.4) is 0 Å². The van der Waals surface area contributed by atoms with E-state index in [0.717, 1.165) is 0 Å². The molecule has 1 amide bonds. The van der Waals surface area contributed by atoms with E-state index in [1.165, 1.54) is 128 Å². The first-order valence-electron chi connectivity index (χ1n) is 14.5. The third-order valence-electron chi connectivity index (χ3n) is 6.54. The minimum atomic E-state index is -0.234. The topological polar surface area (TPSA) is 38.3 Å². The van der Waals surface area contributed by atoms with Gasteiger partial charge in [-0.25, -0.2) is 4.79 Å². The van der Waals surface area contributed by atoms with Gasteiger partial charge in [-0.15, -0.1) is 0 Å². The summed E-state index contributed by atoms with van der Waals surface area (Å²) in [6.45, 7) is 10.1. The van der Waals surface area contributed by atoms with Gasteiger partial charge in [-0.1, -0.05) is 143 Å². The highest BCUT2D eigenvalue weighted by molar-refractivity contribution is 5.67. The minimum Gasteiger partial charge on any atom is -0.449 e. The van der Waals surface area contributed by atoms with Gasteiger partial charge in [0, 0.05) is 6.54 Å². The van der Waals surface area contributed by atoms with Crippen LogP contribution in [-0.4, -0.2) is 19.2 Å². The molecule has 32 heavy (non-hydrogen) atoms. The van der Waals surface area contributed by atoms with Gasteiger partial charge in [-0.2, -0.15) is 0 Å². The Morgan fingerprint density at radius 3 is 1.38 bits per heavy atom. The highest BCUT2D eigenvalue weighted by Gasteiger charge is 2.12. The van der Waals surface area contributed by atoms with Crippen molar-refractivity contribution in [1.82, 2.24) is 5.32 Å². The van der Waals surface area contributed by atoms with E-state index in [1.54, 1.807) is 0 Å². The van der Waals surface area contributed by atoms with Gasteiger partial charge in [-0.3, -0.25) is 0 Å². The van der Waals surface area contributed by atoms with Crippen molar-refractivity contribution in [2.75, 3.05) is 13.2 Å². The van der Waals surface area contributed by atoms with E-state index in [1.807, 2.05) is 0 Å². The maximum atomic E-state index is 12.0. The maximum absolute atomic E-state index is 12.0. The Kier molecular flexibility index (Phi) is 24.3. The number of amides is 1. The maximum Gasteiger partial charge on any atom is 0.407 e. The Morgan fingerprint density at radius 1 is 0.625 bits per heavy atom. The molecule has 192 valence electrons. The molecule has 0 fully saturated rings. The molecule has 1 N–H and O–H groups in total. The van der Waals surface area contributed by atoms with E-state index in [9.17, 15) is 4.79 Å². The normalized spacial score (nSPS) is 12.3. The molecule has 3 heteroatoms. The number of hydrogen-bond acceptors (Lipinski definition) is 2. The molecule has 0 rings (SSSR count). The van der Waals surface area contributed by atoms with Crippen LogP contribution in [0.5, 0.6) is 0 Å². The van der Waals surface area contributed by atoms with Crippen LogP contribution < -0.4 is 5.32 Å². The number of hydrogen-bond donors (Lipinski definition) is 1. The molecule has 0 saturated carbocycles. The molecular weight excluding hydrogens is 394 g/mol. The third kappa shape index (κ3) is 23.9. The van der Waals surface area contributed by atoms with Crippen LogP contribution in [0, 0.1) is 11.8 Å². The third-order valence-corrected chi connectivity index (χ3v) is 6.54. The molecule has 1 atom stereocenters. The Morgan fingerprint density at radius 2 is 1.00 bits per heavy atom. The Labute approximate surface area is 202 Å². The van der Waals surface area contributed by atoms with Crippen molar-refractivity contribution in [3.63, 3.8) is 0 Å². The zero-order valence-corrected chi connectivity index (χ0v) is 22.5. The van der Waals surface area contributed by atoms with Crippen molar-refractivity contribution in [3.8, 4) is 0 Å². The summed E-state index contributed by atoms with van der Waals surface area (Å²) in [6.07, 6.45) is 26.9. The monoisotopic (exact) mass is 453 g/mol. The Balaban J connectivity index is 3.96. The molecule has 0 aliphatic carbocycles. The summed E-state index contributed by atoms with van der Waals surface area (Å²) in [4.78, 5) is 12.0. The Bertz CT molecular complexity index is 383. The first kappa shape index (κ1) is 31.3. The van der Waals surface area contributed by atoms with Crippen molar-refractivity contribution >= 4 is 6.09 Å². The fourth-order valence-electron chi connectivity index (χ4n) is 4.33. The van der Waals surface area contributed by atoms with Crippen LogP contribution in [0.4, 0.5) is 4.79 Å². The van der Waals surface area contributed by atoms with Crippen LogP contribution in [0.2, 0.25) is 0 Å². The van der Waals surface area contributed by atoms with Crippen LogP contribution in [0.25, 0.3) is 0 Å². The molecule has 0 bridgehead atoms. The summed E-state index contributed by atoms with van der Waals surface area (Å²) in [5, 5.41) is 2.89. The van der Waals surface area contributed by atoms with Gasteiger partial charge in [0.15, 0.2) is 0 Å². The van der Waals surface area contributed by atoms with Gasteiger partial charge < -0.3 is 10.1 Å². The lowest BCUT2D eigenvalue weighted by atomic mass is 9.94. The molecule has 0 aromatic heterocycles. The predicted molar refractivity (Wildman–Crippen MR) is 141 cm³/mol. The summed E-state index contributed by atoms with van der Waals surface area (Å²) in [5.74, 6) is 0.997. The largest absolute Gasteiger partial charge is 0.449 e. The number of alkyl carbamates (subject to hydrolysis) is 1. The van der Waals surface area contributed by atoms with E-state index < -0.39 is 0 Å². The minimum absolute atomic E-state index is 0.234. The standard InChI is InChI=1S/C29H59NO2/c1-5-7-9-11-13-15-16-18-20-22-24-28(26-32-29(31)30-25-27(3)4)23-21-19-17-14-12-10-8-6-2/h27-28H,5-26H2,1-4H3,(H,30,31). The van der Waals surface area contributed by atoms with Crippen LogP contribution in [0.15, 0.2) is 0 Å². The molecule has 0 spiro atoms. The average molecular weight is 454 g/mol. The van der Waals surface area contributed by atoms with E-state index in [0.29, 0.717) is 25.0 Å². The van der Waals surface area contributed by atoms with Gasteiger partial charge in [0.25, 0.3) is 0 Å². The number of ether oxygens (including phenoxy) is 1. The molecule has 3 nitrogen and oxygen atoms in total. The lowest BCUT2D eigenvalue weighted by molar-refractivity contribution is 0.119. The molecule has 0 aliphatic rings. The fraction of sp³-hybridized carbons (Fsp3) is 0.966. The molecule has 1 unspecified atom stereocenters. The Hall–Kier alpha value is -0.730. The number of carbonyl (C=O) groups is 1. The van der Waals surface area contributed by atoms with Crippen molar-refractivity contribution in [2.45, 2.75) is 156 Å². The second-order valence-corrected chi connectivity index (χ2v) is 10.5. The van der Waals surface area contributed by atoms with Crippen LogP contribution in [-0.2, 0) is 4.74 Å². The van der Waals surface area contributed by atoms with E-state index in [4.69, 9.17) is 4.74 Å². The highest BCUT2D eigenvalue weighted by atomic mass is 16.5. The van der Waals surface area contributed by atoms with Crippen molar-refractivity contribution < 1.29 is 9.53 Å². The second kappa shape index (κ2) is 24.9. The van der Waals surface area contributed by atoms with Gasteiger partial charge in [-0.05, 0) is 24.7 Å². The SMILES string of the molecule is CCCCCCCCCCCCC(CCCCCCCCCC)COC(=O)NCC(C)C. The quantitative estimate of drug-likeness (QED) is 0.148. The van der Waals surface area contributed by atoms with Gasteiger partial charge in [0.05, 0.1) is 6.61 Å². The number of nitrogens with one attached hydrogen (secondary N) is 1.